The second-order valence-electron chi connectivity index (χ2n) is 3.89. The van der Waals surface area contributed by atoms with Gasteiger partial charge in [0.05, 0.1) is 12.7 Å². The largest absolute Gasteiger partial charge is 0.381 e. The molecule has 1 unspecified atom stereocenters. The summed E-state index contributed by atoms with van der Waals surface area (Å²) in [4.78, 5) is 13.6. The molecule has 4 nitrogen and oxygen atoms in total. The van der Waals surface area contributed by atoms with E-state index in [4.69, 9.17) is 4.74 Å². The molecule has 1 atom stereocenters. The molecule has 1 N–H and O–H groups in total. The topological polar surface area (TPSA) is 41.6 Å². The number of nitrogens with zero attached hydrogens (tertiary/aromatic N) is 1. The van der Waals surface area contributed by atoms with E-state index in [0.29, 0.717) is 6.67 Å². The van der Waals surface area contributed by atoms with Crippen LogP contribution in [0.4, 0.5) is 0 Å². The standard InChI is InChI=1S/C11H22N2O2/c1-3-7-15-8-5-6-13-9-12-10(4-2)11(13)14/h10,12H,3-9H2,1-2H3. The zero-order valence-electron chi connectivity index (χ0n) is 9.79. The minimum absolute atomic E-state index is 0.0431. The Morgan fingerprint density at radius 3 is 2.87 bits per heavy atom. The van der Waals surface area contributed by atoms with Gasteiger partial charge < -0.3 is 9.64 Å². The van der Waals surface area contributed by atoms with Crippen LogP contribution in [-0.2, 0) is 9.53 Å². The van der Waals surface area contributed by atoms with Gasteiger partial charge in [-0.2, -0.15) is 0 Å². The molecule has 1 amide bonds. The number of hydrogen-bond donors (Lipinski definition) is 1. The molecule has 1 aliphatic rings. The summed E-state index contributed by atoms with van der Waals surface area (Å²) in [5.74, 6) is 0.244. The lowest BCUT2D eigenvalue weighted by molar-refractivity contribution is -0.129. The van der Waals surface area contributed by atoms with E-state index >= 15 is 0 Å². The average Bonchev–Trinajstić information content (AvgIpc) is 2.60. The monoisotopic (exact) mass is 214 g/mol. The van der Waals surface area contributed by atoms with Crippen LogP contribution in [0.15, 0.2) is 0 Å². The Labute approximate surface area is 92.0 Å². The smallest absolute Gasteiger partial charge is 0.240 e. The van der Waals surface area contributed by atoms with Crippen molar-refractivity contribution in [2.45, 2.75) is 39.2 Å². The van der Waals surface area contributed by atoms with E-state index in [2.05, 4.69) is 12.2 Å². The number of hydrogen-bond acceptors (Lipinski definition) is 3. The fourth-order valence-electron chi connectivity index (χ4n) is 1.72. The molecule has 1 saturated heterocycles. The van der Waals surface area contributed by atoms with Gasteiger partial charge in [-0.1, -0.05) is 13.8 Å². The molecule has 0 radical (unpaired) electrons. The van der Waals surface area contributed by atoms with E-state index in [1.54, 1.807) is 0 Å². The molecule has 15 heavy (non-hydrogen) atoms. The molecule has 0 aromatic carbocycles. The van der Waals surface area contributed by atoms with Crippen LogP contribution in [0.3, 0.4) is 0 Å². The zero-order chi connectivity index (χ0) is 11.1. The van der Waals surface area contributed by atoms with Crippen molar-refractivity contribution >= 4 is 5.91 Å². The second kappa shape index (κ2) is 6.80. The first kappa shape index (κ1) is 12.5. The summed E-state index contributed by atoms with van der Waals surface area (Å²) < 4.78 is 5.37. The fraction of sp³-hybridized carbons (Fsp3) is 0.909. The van der Waals surface area contributed by atoms with Crippen LogP contribution in [-0.4, -0.2) is 43.3 Å². The van der Waals surface area contributed by atoms with E-state index in [-0.39, 0.29) is 11.9 Å². The van der Waals surface area contributed by atoms with Gasteiger partial charge in [-0.15, -0.1) is 0 Å². The number of rotatable bonds is 7. The Kier molecular flexibility index (Phi) is 5.65. The number of ether oxygens (including phenoxy) is 1. The minimum Gasteiger partial charge on any atom is -0.381 e. The third kappa shape index (κ3) is 3.80. The van der Waals surface area contributed by atoms with Gasteiger partial charge in [0.1, 0.15) is 0 Å². The van der Waals surface area contributed by atoms with Crippen molar-refractivity contribution in [3.8, 4) is 0 Å². The summed E-state index contributed by atoms with van der Waals surface area (Å²) in [6.45, 7) is 7.22. The van der Waals surface area contributed by atoms with Gasteiger partial charge in [0.2, 0.25) is 5.91 Å². The Morgan fingerprint density at radius 2 is 2.27 bits per heavy atom. The summed E-state index contributed by atoms with van der Waals surface area (Å²) in [5.41, 5.74) is 0. The molecule has 0 saturated carbocycles. The fourth-order valence-corrected chi connectivity index (χ4v) is 1.72. The van der Waals surface area contributed by atoms with Crippen LogP contribution in [0.25, 0.3) is 0 Å². The van der Waals surface area contributed by atoms with Gasteiger partial charge in [-0.05, 0) is 19.3 Å². The first-order chi connectivity index (χ1) is 7.29. The normalized spacial score (nSPS) is 21.3. The van der Waals surface area contributed by atoms with E-state index in [1.807, 2.05) is 11.8 Å². The van der Waals surface area contributed by atoms with Crippen molar-refractivity contribution in [1.29, 1.82) is 0 Å². The van der Waals surface area contributed by atoms with Crippen LogP contribution in [0, 0.1) is 0 Å². The van der Waals surface area contributed by atoms with E-state index in [9.17, 15) is 4.79 Å². The van der Waals surface area contributed by atoms with Gasteiger partial charge >= 0.3 is 0 Å². The summed E-state index contributed by atoms with van der Waals surface area (Å²) in [5, 5.41) is 3.19. The number of carbonyl (C=O) groups is 1. The maximum atomic E-state index is 11.7. The zero-order valence-corrected chi connectivity index (χ0v) is 9.79. The lowest BCUT2D eigenvalue weighted by Crippen LogP contribution is -2.31. The maximum Gasteiger partial charge on any atom is 0.240 e. The van der Waals surface area contributed by atoms with Crippen molar-refractivity contribution in [2.24, 2.45) is 0 Å². The predicted octanol–water partition coefficient (Wildman–Crippen LogP) is 0.971. The average molecular weight is 214 g/mol. The van der Waals surface area contributed by atoms with E-state index < -0.39 is 0 Å². The highest BCUT2D eigenvalue weighted by molar-refractivity contribution is 5.83. The van der Waals surface area contributed by atoms with Crippen LogP contribution in [0.5, 0.6) is 0 Å². The molecule has 0 bridgehead atoms. The summed E-state index contributed by atoms with van der Waals surface area (Å²) in [6.07, 6.45) is 2.87. The van der Waals surface area contributed by atoms with Crippen LogP contribution in [0.2, 0.25) is 0 Å². The highest BCUT2D eigenvalue weighted by atomic mass is 16.5. The molecular formula is C11H22N2O2. The lowest BCUT2D eigenvalue weighted by atomic mass is 10.2. The molecular weight excluding hydrogens is 192 g/mol. The molecule has 1 rings (SSSR count). The van der Waals surface area contributed by atoms with Crippen molar-refractivity contribution in [3.05, 3.63) is 0 Å². The Bertz CT molecular complexity index is 197. The van der Waals surface area contributed by atoms with Gasteiger partial charge in [0.15, 0.2) is 0 Å². The highest BCUT2D eigenvalue weighted by Gasteiger charge is 2.28. The number of carbonyl (C=O) groups excluding carboxylic acids is 1. The summed E-state index contributed by atoms with van der Waals surface area (Å²) in [6, 6.07) is 0.0431. The third-order valence-corrected chi connectivity index (χ3v) is 2.61. The molecule has 1 fully saturated rings. The third-order valence-electron chi connectivity index (χ3n) is 2.61. The van der Waals surface area contributed by atoms with Gasteiger partial charge in [-0.3, -0.25) is 10.1 Å². The predicted molar refractivity (Wildman–Crippen MR) is 59.5 cm³/mol. The molecule has 1 heterocycles. The van der Waals surface area contributed by atoms with Crippen LogP contribution < -0.4 is 5.32 Å². The molecule has 4 heteroatoms. The second-order valence-corrected chi connectivity index (χ2v) is 3.89. The Balaban J connectivity index is 2.09. The molecule has 0 aromatic rings. The molecule has 0 spiro atoms. The van der Waals surface area contributed by atoms with Crippen LogP contribution >= 0.6 is 0 Å². The van der Waals surface area contributed by atoms with Gasteiger partial charge in [0.25, 0.3) is 0 Å². The Morgan fingerprint density at radius 1 is 1.47 bits per heavy atom. The van der Waals surface area contributed by atoms with Gasteiger partial charge in [0, 0.05) is 19.8 Å². The quantitative estimate of drug-likeness (QED) is 0.642. The number of amides is 1. The maximum absolute atomic E-state index is 11.7. The number of nitrogens with one attached hydrogen (secondary N) is 1. The minimum atomic E-state index is 0.0431. The van der Waals surface area contributed by atoms with Crippen molar-refractivity contribution in [3.63, 3.8) is 0 Å². The highest BCUT2D eigenvalue weighted by Crippen LogP contribution is 2.06. The summed E-state index contributed by atoms with van der Waals surface area (Å²) in [7, 11) is 0. The lowest BCUT2D eigenvalue weighted by Gasteiger charge is -2.14. The molecule has 88 valence electrons. The first-order valence-corrected chi connectivity index (χ1v) is 5.89. The molecule has 0 aliphatic carbocycles. The van der Waals surface area contributed by atoms with Crippen molar-refractivity contribution in [1.82, 2.24) is 10.2 Å². The van der Waals surface area contributed by atoms with E-state index in [1.165, 1.54) is 0 Å². The first-order valence-electron chi connectivity index (χ1n) is 5.89. The SMILES string of the molecule is CCCOCCCN1CNC(CC)C1=O. The Hall–Kier alpha value is -0.610. The van der Waals surface area contributed by atoms with Crippen LogP contribution in [0.1, 0.15) is 33.1 Å². The van der Waals surface area contributed by atoms with Crippen molar-refractivity contribution in [2.75, 3.05) is 26.4 Å². The van der Waals surface area contributed by atoms with Gasteiger partial charge in [-0.25, -0.2) is 0 Å². The molecule has 1 aliphatic heterocycles. The molecule has 0 aromatic heterocycles. The van der Waals surface area contributed by atoms with E-state index in [0.717, 1.165) is 39.0 Å². The van der Waals surface area contributed by atoms with Crippen molar-refractivity contribution < 1.29 is 9.53 Å². The summed E-state index contributed by atoms with van der Waals surface area (Å²) >= 11 is 0.